The van der Waals surface area contributed by atoms with Crippen LogP contribution in [-0.2, 0) is 4.74 Å². The highest BCUT2D eigenvalue weighted by Crippen LogP contribution is 2.36. The van der Waals surface area contributed by atoms with Crippen LogP contribution in [0.1, 0.15) is 42.1 Å². The summed E-state index contributed by atoms with van der Waals surface area (Å²) >= 11 is 1.74. The van der Waals surface area contributed by atoms with E-state index >= 15 is 0 Å². The van der Waals surface area contributed by atoms with Crippen molar-refractivity contribution < 1.29 is 4.74 Å². The minimum Gasteiger partial charge on any atom is -0.381 e. The lowest BCUT2D eigenvalue weighted by Gasteiger charge is -2.33. The molecule has 3 fully saturated rings. The molecule has 0 aromatic carbocycles. The van der Waals surface area contributed by atoms with Crippen molar-refractivity contribution in [3.63, 3.8) is 0 Å². The number of ether oxygens (including phenoxy) is 1. The molecule has 0 aliphatic carbocycles. The van der Waals surface area contributed by atoms with Crippen LogP contribution in [0.2, 0.25) is 0 Å². The quantitative estimate of drug-likeness (QED) is 0.648. The number of aliphatic imine (C=N–C) groups is 2. The molecule has 192 valence electrons. The normalized spacial score (nSPS) is 29.4. The number of aromatic nitrogens is 3. The van der Waals surface area contributed by atoms with E-state index in [-0.39, 0.29) is 11.3 Å². The van der Waals surface area contributed by atoms with Gasteiger partial charge in [-0.2, -0.15) is 4.98 Å². The van der Waals surface area contributed by atoms with E-state index in [0.29, 0.717) is 18.0 Å². The van der Waals surface area contributed by atoms with E-state index in [1.54, 1.807) is 11.8 Å². The molecule has 5 aliphatic rings. The van der Waals surface area contributed by atoms with Gasteiger partial charge in [0.15, 0.2) is 0 Å². The Hall–Kier alpha value is -2.82. The Morgan fingerprint density at radius 2 is 2.03 bits per heavy atom. The number of thioether (sulfide) groups is 1. The maximum atomic E-state index is 5.62. The van der Waals surface area contributed by atoms with Crippen molar-refractivity contribution in [2.45, 2.75) is 55.5 Å². The molecule has 0 spiro atoms. The van der Waals surface area contributed by atoms with Crippen molar-refractivity contribution in [1.29, 1.82) is 0 Å². The zero-order valence-corrected chi connectivity index (χ0v) is 22.1. The minimum atomic E-state index is 0.0301. The van der Waals surface area contributed by atoms with E-state index in [2.05, 4.69) is 52.3 Å². The van der Waals surface area contributed by atoms with Crippen LogP contribution in [0.25, 0.3) is 0 Å². The van der Waals surface area contributed by atoms with Crippen molar-refractivity contribution in [3.8, 4) is 0 Å². The van der Waals surface area contributed by atoms with E-state index in [1.807, 2.05) is 18.5 Å². The zero-order chi connectivity index (χ0) is 24.9. The Kier molecular flexibility index (Phi) is 5.98. The molecule has 2 aromatic heterocycles. The molecular weight excluding hydrogens is 484 g/mol. The third-order valence-corrected chi connectivity index (χ3v) is 9.35. The lowest BCUT2D eigenvalue weighted by atomic mass is 9.96. The standard InChI is InChI=1S/C27H32N8OS/c1-16-4-3-7-28-25(16)26-30-21-12-23(29-13-22(21)37-26)32-24-11-20(17-5-8-36-9-6-17)31-27(33-24)35-15-18-10-19(35)14-34(18)2/h3-4,7,11-13,17-19,21-22H,5-6,8-10,14-15H2,1-2H3,(H,31,32,33)/t18-,19-,21?,22?/m0/s1. The number of rotatable bonds is 5. The molecule has 4 atom stereocenters. The third kappa shape index (κ3) is 4.45. The number of piperazine rings is 1. The fourth-order valence-electron chi connectivity index (χ4n) is 6.04. The number of nitrogens with zero attached hydrogens (tertiary/aromatic N) is 7. The largest absolute Gasteiger partial charge is 0.381 e. The van der Waals surface area contributed by atoms with E-state index in [0.717, 1.165) is 78.7 Å². The molecular formula is C27H32N8OS. The van der Waals surface area contributed by atoms with Gasteiger partial charge in [-0.15, -0.1) is 0 Å². The van der Waals surface area contributed by atoms with Gasteiger partial charge in [0, 0.05) is 62.8 Å². The van der Waals surface area contributed by atoms with E-state index in [4.69, 9.17) is 24.7 Å². The van der Waals surface area contributed by atoms with Gasteiger partial charge in [-0.1, -0.05) is 17.8 Å². The number of nitrogens with one attached hydrogen (secondary N) is 1. The van der Waals surface area contributed by atoms with Crippen LogP contribution in [-0.4, -0.2) is 87.8 Å². The van der Waals surface area contributed by atoms with E-state index in [1.165, 1.54) is 6.42 Å². The predicted octanol–water partition coefficient (Wildman–Crippen LogP) is 3.24. The van der Waals surface area contributed by atoms with Crippen LogP contribution >= 0.6 is 11.8 Å². The number of pyridine rings is 1. The minimum absolute atomic E-state index is 0.0301. The van der Waals surface area contributed by atoms with Gasteiger partial charge in [-0.05, 0) is 50.9 Å². The fourth-order valence-corrected chi connectivity index (χ4v) is 7.20. The molecule has 2 aromatic rings. The van der Waals surface area contributed by atoms with Crippen LogP contribution < -0.4 is 10.2 Å². The van der Waals surface area contributed by atoms with Crippen LogP contribution in [0.5, 0.6) is 0 Å². The number of likely N-dealkylation sites (tertiary alicyclic amines) is 1. The Bertz CT molecular complexity index is 1290. The molecule has 37 heavy (non-hydrogen) atoms. The van der Waals surface area contributed by atoms with Crippen molar-refractivity contribution >= 4 is 34.8 Å². The van der Waals surface area contributed by atoms with Gasteiger partial charge in [0.25, 0.3) is 0 Å². The van der Waals surface area contributed by atoms with Crippen molar-refractivity contribution in [3.05, 3.63) is 53.2 Å². The SMILES string of the molecule is Cc1cccnc1C1=NC2C=C(Nc3cc(C4CCOCC4)nc(N4C[C@@H]5C[C@H]4CN5C)n3)N=CC2S1. The Morgan fingerprint density at radius 1 is 1.14 bits per heavy atom. The highest BCUT2D eigenvalue weighted by atomic mass is 32.2. The lowest BCUT2D eigenvalue weighted by molar-refractivity contribution is 0.0845. The van der Waals surface area contributed by atoms with E-state index < -0.39 is 0 Å². The van der Waals surface area contributed by atoms with Crippen molar-refractivity contribution in [2.75, 3.05) is 43.6 Å². The molecule has 1 N–H and O–H groups in total. The van der Waals surface area contributed by atoms with Gasteiger partial charge in [0.1, 0.15) is 16.7 Å². The fraction of sp³-hybridized carbons (Fsp3) is 0.519. The molecule has 10 heteroatoms. The van der Waals surface area contributed by atoms with Gasteiger partial charge in [-0.3, -0.25) is 14.9 Å². The number of likely N-dealkylation sites (N-methyl/N-ethyl adjacent to an activating group) is 1. The second-order valence-electron chi connectivity index (χ2n) is 10.6. The highest BCUT2D eigenvalue weighted by Gasteiger charge is 2.43. The smallest absolute Gasteiger partial charge is 0.227 e. The van der Waals surface area contributed by atoms with Gasteiger partial charge in [-0.25, -0.2) is 9.98 Å². The van der Waals surface area contributed by atoms with Crippen LogP contribution in [0.3, 0.4) is 0 Å². The molecule has 7 rings (SSSR count). The molecule has 3 saturated heterocycles. The molecule has 7 heterocycles. The monoisotopic (exact) mass is 516 g/mol. The maximum absolute atomic E-state index is 5.62. The summed E-state index contributed by atoms with van der Waals surface area (Å²) in [5, 5.41) is 4.68. The molecule has 2 bridgehead atoms. The first kappa shape index (κ1) is 23.3. The highest BCUT2D eigenvalue weighted by molar-refractivity contribution is 8.15. The molecule has 2 unspecified atom stereocenters. The number of aryl methyl sites for hydroxylation is 1. The average molecular weight is 517 g/mol. The van der Waals surface area contributed by atoms with Crippen LogP contribution in [0, 0.1) is 6.92 Å². The Morgan fingerprint density at radius 3 is 2.81 bits per heavy atom. The van der Waals surface area contributed by atoms with Gasteiger partial charge >= 0.3 is 0 Å². The zero-order valence-electron chi connectivity index (χ0n) is 21.2. The summed E-state index contributed by atoms with van der Waals surface area (Å²) in [7, 11) is 2.22. The van der Waals surface area contributed by atoms with Crippen molar-refractivity contribution in [2.24, 2.45) is 9.98 Å². The van der Waals surface area contributed by atoms with Crippen LogP contribution in [0.4, 0.5) is 11.8 Å². The first-order valence-corrected chi connectivity index (χ1v) is 14.1. The second-order valence-corrected chi connectivity index (χ2v) is 11.8. The molecule has 0 radical (unpaired) electrons. The number of hydrogen-bond donors (Lipinski definition) is 1. The lowest BCUT2D eigenvalue weighted by Crippen LogP contribution is -2.45. The summed E-state index contributed by atoms with van der Waals surface area (Å²) in [5.74, 6) is 2.83. The molecule has 5 aliphatic heterocycles. The third-order valence-electron chi connectivity index (χ3n) is 8.15. The molecule has 9 nitrogen and oxygen atoms in total. The summed E-state index contributed by atoms with van der Waals surface area (Å²) < 4.78 is 5.62. The summed E-state index contributed by atoms with van der Waals surface area (Å²) in [6, 6.07) is 7.26. The first-order chi connectivity index (χ1) is 18.1. The topological polar surface area (TPSA) is 91.1 Å². The number of anilines is 2. The number of fused-ring (bicyclic) bond motifs is 3. The summed E-state index contributed by atoms with van der Waals surface area (Å²) in [4.78, 5) is 29.3. The summed E-state index contributed by atoms with van der Waals surface area (Å²) in [5.41, 5.74) is 3.21. The van der Waals surface area contributed by atoms with Crippen molar-refractivity contribution in [1.82, 2.24) is 19.9 Å². The van der Waals surface area contributed by atoms with Crippen LogP contribution in [0.15, 0.2) is 46.3 Å². The average Bonchev–Trinajstić information content (AvgIpc) is 3.63. The Balaban J connectivity index is 1.16. The van der Waals surface area contributed by atoms with Gasteiger partial charge in [0.05, 0.1) is 22.7 Å². The Labute approximate surface area is 221 Å². The molecule has 0 saturated carbocycles. The van der Waals surface area contributed by atoms with E-state index in [9.17, 15) is 0 Å². The summed E-state index contributed by atoms with van der Waals surface area (Å²) in [6.07, 6.45) is 9.14. The second kappa shape index (κ2) is 9.49. The maximum Gasteiger partial charge on any atom is 0.227 e. The summed E-state index contributed by atoms with van der Waals surface area (Å²) in [6.45, 7) is 5.72. The first-order valence-electron chi connectivity index (χ1n) is 13.2. The predicted molar refractivity (Wildman–Crippen MR) is 148 cm³/mol. The van der Waals surface area contributed by atoms with Gasteiger partial charge in [0.2, 0.25) is 5.95 Å². The molecule has 0 amide bonds. The number of hydrogen-bond acceptors (Lipinski definition) is 10. The van der Waals surface area contributed by atoms with Gasteiger partial charge < -0.3 is 15.0 Å².